The van der Waals surface area contributed by atoms with Gasteiger partial charge >= 0.3 is 11.9 Å². The summed E-state index contributed by atoms with van der Waals surface area (Å²) < 4.78 is 11.0. The molecule has 0 amide bonds. The highest BCUT2D eigenvalue weighted by Crippen LogP contribution is 2.79. The van der Waals surface area contributed by atoms with Crippen LogP contribution in [0.4, 0.5) is 0 Å². The Balaban J connectivity index is 1.47. The van der Waals surface area contributed by atoms with E-state index in [0.29, 0.717) is 30.4 Å². The van der Waals surface area contributed by atoms with Crippen LogP contribution in [0.5, 0.6) is 0 Å². The molecular weight excluding hydrogens is 396 g/mol. The summed E-state index contributed by atoms with van der Waals surface area (Å²) in [6.45, 7) is 6.15. The predicted octanol–water partition coefficient (Wildman–Crippen LogP) is 4.16. The van der Waals surface area contributed by atoms with Gasteiger partial charge in [-0.15, -0.1) is 0 Å². The van der Waals surface area contributed by atoms with E-state index in [9.17, 15) is 19.5 Å². The van der Waals surface area contributed by atoms with Gasteiger partial charge in [0.15, 0.2) is 0 Å². The number of carbonyl (C=O) groups is 3. The molecule has 0 radical (unpaired) electrons. The van der Waals surface area contributed by atoms with E-state index in [2.05, 4.69) is 6.92 Å². The summed E-state index contributed by atoms with van der Waals surface area (Å²) in [5.74, 6) is -0.694. The Morgan fingerprint density at radius 3 is 2.58 bits per heavy atom. The third-order valence-electron chi connectivity index (χ3n) is 7.79. The van der Waals surface area contributed by atoms with Crippen molar-refractivity contribution in [3.05, 3.63) is 22.8 Å². The van der Waals surface area contributed by atoms with Gasteiger partial charge in [-0.1, -0.05) is 65.4 Å². The van der Waals surface area contributed by atoms with Crippen molar-refractivity contribution in [2.24, 2.45) is 16.2 Å². The molecule has 1 heterocycles. The molecule has 0 aromatic rings. The number of unbranched alkanes of at least 4 members (excludes halogenated alkanes) is 6. The Bertz CT molecular complexity index is 852. The zero-order valence-electron chi connectivity index (χ0n) is 18.9. The highest BCUT2D eigenvalue weighted by molar-refractivity contribution is 5.95. The second-order valence-electron chi connectivity index (χ2n) is 10.3. The number of carbonyl (C=O) groups excluding carboxylic acids is 3. The third-order valence-corrected chi connectivity index (χ3v) is 7.79. The van der Waals surface area contributed by atoms with Gasteiger partial charge in [0.05, 0.1) is 10.8 Å². The van der Waals surface area contributed by atoms with Crippen molar-refractivity contribution in [2.45, 2.75) is 97.4 Å². The number of fused-ring (bicyclic) bond motifs is 1. The van der Waals surface area contributed by atoms with Crippen molar-refractivity contribution < 1.29 is 29.0 Å². The molecule has 170 valence electrons. The lowest BCUT2D eigenvalue weighted by Gasteiger charge is -2.32. The number of cyclic esters (lactones) is 1. The minimum atomic E-state index is -1.32. The van der Waals surface area contributed by atoms with E-state index in [0.717, 1.165) is 31.1 Å². The van der Waals surface area contributed by atoms with Gasteiger partial charge in [-0.05, 0) is 24.8 Å². The molecule has 0 aromatic heterocycles. The summed E-state index contributed by atoms with van der Waals surface area (Å²) in [5, 5.41) is 10.5. The first kappa shape index (κ1) is 22.3. The van der Waals surface area contributed by atoms with Gasteiger partial charge in [0, 0.05) is 23.0 Å². The zero-order chi connectivity index (χ0) is 22.4. The van der Waals surface area contributed by atoms with Gasteiger partial charge in [0.2, 0.25) is 6.29 Å². The van der Waals surface area contributed by atoms with Crippen molar-refractivity contribution in [3.8, 4) is 0 Å². The van der Waals surface area contributed by atoms with Gasteiger partial charge in [-0.3, -0.25) is 14.4 Å². The molecule has 1 saturated carbocycles. The molecule has 6 heteroatoms. The Kier molecular flexibility index (Phi) is 5.65. The number of aldehydes is 1. The summed E-state index contributed by atoms with van der Waals surface area (Å²) in [6, 6.07) is 0. The van der Waals surface area contributed by atoms with E-state index in [4.69, 9.17) is 9.47 Å². The Morgan fingerprint density at radius 1 is 1.23 bits per heavy atom. The molecule has 3 aliphatic carbocycles. The van der Waals surface area contributed by atoms with E-state index in [1.165, 1.54) is 25.7 Å². The fourth-order valence-electron chi connectivity index (χ4n) is 6.07. The lowest BCUT2D eigenvalue weighted by molar-refractivity contribution is -0.164. The van der Waals surface area contributed by atoms with Gasteiger partial charge in [0.1, 0.15) is 12.4 Å². The predicted molar refractivity (Wildman–Crippen MR) is 114 cm³/mol. The van der Waals surface area contributed by atoms with Gasteiger partial charge in [-0.25, -0.2) is 0 Å². The molecule has 0 aromatic carbocycles. The smallest absolute Gasteiger partial charge is 0.315 e. The molecule has 0 spiro atoms. The van der Waals surface area contributed by atoms with Crippen LogP contribution in [-0.2, 0) is 23.9 Å². The van der Waals surface area contributed by atoms with Crippen molar-refractivity contribution in [2.75, 3.05) is 0 Å². The average molecular weight is 431 g/mol. The molecule has 4 rings (SSSR count). The number of hydrogen-bond donors (Lipinski definition) is 1. The first-order valence-electron chi connectivity index (χ1n) is 11.7. The average Bonchev–Trinajstić information content (AvgIpc) is 3.28. The molecule has 1 aliphatic heterocycles. The first-order valence-corrected chi connectivity index (χ1v) is 11.7. The number of aliphatic hydroxyl groups is 1. The van der Waals surface area contributed by atoms with Crippen LogP contribution in [0, 0.1) is 16.2 Å². The van der Waals surface area contributed by atoms with Crippen LogP contribution < -0.4 is 0 Å². The van der Waals surface area contributed by atoms with Gasteiger partial charge in [0.25, 0.3) is 0 Å². The Morgan fingerprint density at radius 2 is 1.90 bits per heavy atom. The van der Waals surface area contributed by atoms with Crippen molar-refractivity contribution in [1.29, 1.82) is 0 Å². The van der Waals surface area contributed by atoms with Crippen molar-refractivity contribution in [3.63, 3.8) is 0 Å². The molecular formula is C25H34O6. The lowest BCUT2D eigenvalue weighted by Crippen LogP contribution is -2.36. The van der Waals surface area contributed by atoms with Crippen LogP contribution in [0.1, 0.15) is 85.0 Å². The van der Waals surface area contributed by atoms with E-state index in [1.807, 2.05) is 19.9 Å². The molecule has 0 bridgehead atoms. The van der Waals surface area contributed by atoms with Gasteiger partial charge < -0.3 is 14.6 Å². The van der Waals surface area contributed by atoms with Crippen LogP contribution in [0.2, 0.25) is 0 Å². The topological polar surface area (TPSA) is 89.9 Å². The van der Waals surface area contributed by atoms with Crippen LogP contribution in [-0.4, -0.2) is 35.7 Å². The van der Waals surface area contributed by atoms with Crippen molar-refractivity contribution >= 4 is 18.2 Å². The minimum Gasteiger partial charge on any atom is -0.457 e. The normalized spacial score (nSPS) is 34.5. The van der Waals surface area contributed by atoms with E-state index in [-0.39, 0.29) is 5.97 Å². The number of ether oxygens (including phenoxy) is 2. The van der Waals surface area contributed by atoms with E-state index < -0.39 is 34.6 Å². The summed E-state index contributed by atoms with van der Waals surface area (Å²) in [5.41, 5.74) is -0.379. The van der Waals surface area contributed by atoms with Crippen LogP contribution in [0.15, 0.2) is 22.8 Å². The number of esters is 2. The monoisotopic (exact) mass is 430 g/mol. The second-order valence-corrected chi connectivity index (χ2v) is 10.3. The fourth-order valence-corrected chi connectivity index (χ4v) is 6.07. The Labute approximate surface area is 184 Å². The summed E-state index contributed by atoms with van der Waals surface area (Å²) in [4.78, 5) is 37.3. The Hall–Kier alpha value is -1.95. The highest BCUT2D eigenvalue weighted by Gasteiger charge is 2.85. The maximum absolute atomic E-state index is 12.6. The summed E-state index contributed by atoms with van der Waals surface area (Å²) >= 11 is 0. The van der Waals surface area contributed by atoms with Crippen molar-refractivity contribution in [1.82, 2.24) is 0 Å². The molecule has 1 N–H and O–H groups in total. The maximum atomic E-state index is 12.6. The summed E-state index contributed by atoms with van der Waals surface area (Å²) in [6.07, 6.45) is 9.90. The van der Waals surface area contributed by atoms with Crippen LogP contribution in [0.3, 0.4) is 0 Å². The van der Waals surface area contributed by atoms with E-state index >= 15 is 0 Å². The molecule has 4 atom stereocenters. The molecule has 1 saturated heterocycles. The SMILES string of the molecule is CCCCCCCCCC(=O)OC1C2=C(C=O)C34CC3(CC2=CC1(C)C)C(=O)OC4O. The minimum absolute atomic E-state index is 0.261. The fraction of sp³-hybridized carbons (Fsp3) is 0.720. The summed E-state index contributed by atoms with van der Waals surface area (Å²) in [7, 11) is 0. The van der Waals surface area contributed by atoms with Crippen LogP contribution >= 0.6 is 0 Å². The molecule has 4 aliphatic rings. The number of aliphatic hydroxyl groups excluding tert-OH is 1. The quantitative estimate of drug-likeness (QED) is 0.318. The molecule has 4 unspecified atom stereocenters. The van der Waals surface area contributed by atoms with Crippen LogP contribution in [0.25, 0.3) is 0 Å². The standard InChI is InChI=1S/C25H34O6/c1-4-5-6-7-8-9-10-11-18(27)30-20-19-16(12-23(20,2)3)13-24-15-25(24,17(19)14-26)22(29)31-21(24)28/h12,14,20,22,29H,4-11,13,15H2,1-3H3. The highest BCUT2D eigenvalue weighted by atomic mass is 16.6. The molecule has 6 nitrogen and oxygen atoms in total. The largest absolute Gasteiger partial charge is 0.457 e. The van der Waals surface area contributed by atoms with Gasteiger partial charge in [-0.2, -0.15) is 0 Å². The lowest BCUT2D eigenvalue weighted by atomic mass is 9.73. The second kappa shape index (κ2) is 7.88. The molecule has 31 heavy (non-hydrogen) atoms. The maximum Gasteiger partial charge on any atom is 0.315 e. The third kappa shape index (κ3) is 3.29. The number of rotatable bonds is 10. The zero-order valence-corrected chi connectivity index (χ0v) is 18.9. The molecule has 2 fully saturated rings. The first-order chi connectivity index (χ1) is 14.7. The van der Waals surface area contributed by atoms with E-state index in [1.54, 1.807) is 0 Å². The number of hydrogen-bond acceptors (Lipinski definition) is 6.